The van der Waals surface area contributed by atoms with Crippen LogP contribution >= 0.6 is 0 Å². The van der Waals surface area contributed by atoms with Crippen molar-refractivity contribution in [2.45, 2.75) is 60.6 Å². The molecule has 2 atom stereocenters. The molecule has 0 spiro atoms. The number of ether oxygens (including phenoxy) is 1. The van der Waals surface area contributed by atoms with Crippen molar-refractivity contribution in [2.75, 3.05) is 11.5 Å². The van der Waals surface area contributed by atoms with Gasteiger partial charge < -0.3 is 4.74 Å². The van der Waals surface area contributed by atoms with E-state index < -0.39 is 41.6 Å². The molecule has 0 aromatic heterocycles. The van der Waals surface area contributed by atoms with Gasteiger partial charge in [-0.05, 0) is 44.2 Å². The van der Waals surface area contributed by atoms with Crippen LogP contribution in [-0.4, -0.2) is 45.8 Å². The van der Waals surface area contributed by atoms with Gasteiger partial charge in [0, 0.05) is 0 Å². The summed E-state index contributed by atoms with van der Waals surface area (Å²) in [5, 5.41) is -0.932. The second kappa shape index (κ2) is 7.36. The Morgan fingerprint density at radius 2 is 1.59 bits per heavy atom. The van der Waals surface area contributed by atoms with Gasteiger partial charge in [-0.15, -0.1) is 0 Å². The van der Waals surface area contributed by atoms with E-state index >= 15 is 0 Å². The van der Waals surface area contributed by atoms with Gasteiger partial charge in [0.15, 0.2) is 19.7 Å². The zero-order valence-electron chi connectivity index (χ0n) is 14.5. The van der Waals surface area contributed by atoms with Gasteiger partial charge in [0.1, 0.15) is 0 Å². The van der Waals surface area contributed by atoms with Crippen LogP contribution < -0.4 is 0 Å². The maximum absolute atomic E-state index is 13.2. The number of hydrogen-bond acceptors (Lipinski definition) is 5. The quantitative estimate of drug-likeness (QED) is 0.740. The van der Waals surface area contributed by atoms with Crippen LogP contribution in [0.25, 0.3) is 0 Å². The van der Waals surface area contributed by atoms with E-state index in [1.807, 2.05) is 0 Å². The first-order chi connectivity index (χ1) is 12.5. The summed E-state index contributed by atoms with van der Waals surface area (Å²) in [6.07, 6.45) is -3.86. The molecule has 1 saturated heterocycles. The molecule has 1 aliphatic carbocycles. The van der Waals surface area contributed by atoms with Crippen molar-refractivity contribution >= 4 is 19.7 Å². The summed E-state index contributed by atoms with van der Waals surface area (Å²) in [6, 6.07) is 4.23. The van der Waals surface area contributed by atoms with Gasteiger partial charge in [0.05, 0.1) is 39.4 Å². The van der Waals surface area contributed by atoms with Gasteiger partial charge in [-0.25, -0.2) is 16.8 Å². The first kappa shape index (κ1) is 20.6. The summed E-state index contributed by atoms with van der Waals surface area (Å²) < 4.78 is 93.9. The van der Waals surface area contributed by atoms with E-state index in [0.29, 0.717) is 19.3 Å². The number of hydrogen-bond donors (Lipinski definition) is 0. The molecule has 152 valence electrons. The average Bonchev–Trinajstić information content (AvgIpc) is 3.05. The van der Waals surface area contributed by atoms with Crippen LogP contribution in [0.2, 0.25) is 0 Å². The van der Waals surface area contributed by atoms with Gasteiger partial charge in [-0.2, -0.15) is 13.2 Å². The Labute approximate surface area is 156 Å². The summed E-state index contributed by atoms with van der Waals surface area (Å²) in [5.74, 6) is 0.0934. The highest BCUT2D eigenvalue weighted by molar-refractivity contribution is 7.92. The molecule has 1 heterocycles. The van der Waals surface area contributed by atoms with Crippen molar-refractivity contribution < 1.29 is 34.7 Å². The van der Waals surface area contributed by atoms with Crippen LogP contribution in [0.5, 0.6) is 0 Å². The van der Waals surface area contributed by atoms with E-state index in [4.69, 9.17) is 4.74 Å². The van der Waals surface area contributed by atoms with E-state index in [-0.39, 0.29) is 36.6 Å². The van der Waals surface area contributed by atoms with Crippen LogP contribution in [0.3, 0.4) is 0 Å². The molecule has 1 aromatic carbocycles. The third-order valence-electron chi connectivity index (χ3n) is 5.16. The monoisotopic (exact) mass is 426 g/mol. The summed E-state index contributed by atoms with van der Waals surface area (Å²) in [6.45, 7) is 0. The van der Waals surface area contributed by atoms with Gasteiger partial charge >= 0.3 is 6.18 Å². The highest BCUT2D eigenvalue weighted by Crippen LogP contribution is 2.39. The molecule has 1 aliphatic heterocycles. The molecule has 2 aliphatic rings. The van der Waals surface area contributed by atoms with Crippen LogP contribution in [-0.2, 0) is 30.6 Å². The number of rotatable bonds is 4. The Morgan fingerprint density at radius 3 is 2.22 bits per heavy atom. The van der Waals surface area contributed by atoms with Gasteiger partial charge in [0.2, 0.25) is 0 Å². The molecule has 27 heavy (non-hydrogen) atoms. The molecular formula is C17H21F3O5S2. The van der Waals surface area contributed by atoms with Gasteiger partial charge in [-0.3, -0.25) is 0 Å². The van der Waals surface area contributed by atoms with Crippen LogP contribution in [0.4, 0.5) is 13.2 Å². The fraction of sp³-hybridized carbons (Fsp3) is 0.647. The second-order valence-electron chi connectivity index (χ2n) is 7.08. The third-order valence-corrected chi connectivity index (χ3v) is 9.15. The van der Waals surface area contributed by atoms with Crippen LogP contribution in [0, 0.1) is 0 Å². The maximum Gasteiger partial charge on any atom is 0.417 e. The molecule has 0 bridgehead atoms. The van der Waals surface area contributed by atoms with E-state index in [1.165, 1.54) is 12.1 Å². The van der Waals surface area contributed by atoms with E-state index in [1.54, 1.807) is 0 Å². The molecule has 0 N–H and O–H groups in total. The smallest absolute Gasteiger partial charge is 0.375 e. The second-order valence-corrected chi connectivity index (χ2v) is 11.6. The number of alkyl halides is 3. The molecule has 2 fully saturated rings. The zero-order chi connectivity index (χ0) is 19.9. The van der Waals surface area contributed by atoms with Crippen molar-refractivity contribution in [3.05, 3.63) is 29.8 Å². The summed E-state index contributed by atoms with van der Waals surface area (Å²) in [5.41, 5.74) is -1.15. The summed E-state index contributed by atoms with van der Waals surface area (Å²) >= 11 is 0. The molecule has 10 heteroatoms. The highest BCUT2D eigenvalue weighted by atomic mass is 32.2. The van der Waals surface area contributed by atoms with Crippen molar-refractivity contribution in [1.29, 1.82) is 0 Å². The third kappa shape index (κ3) is 4.65. The lowest BCUT2D eigenvalue weighted by Crippen LogP contribution is -2.31. The van der Waals surface area contributed by atoms with Crippen LogP contribution in [0.15, 0.2) is 29.2 Å². The average molecular weight is 426 g/mol. The molecule has 5 nitrogen and oxygen atoms in total. The minimum Gasteiger partial charge on any atom is -0.375 e. The molecule has 0 amide bonds. The maximum atomic E-state index is 13.2. The standard InChI is InChI=1S/C17H21F3O5S2/c18-17(19,20)15-3-1-2-4-16(15)27(23,24)14-6-5-13(11-14)25-12-7-9-26(21,22)10-8-12/h1-4,12-14H,5-11H2/t13-,14-/m1/s1. The van der Waals surface area contributed by atoms with Crippen molar-refractivity contribution in [2.24, 2.45) is 0 Å². The minimum atomic E-state index is -4.74. The fourth-order valence-electron chi connectivity index (χ4n) is 3.71. The summed E-state index contributed by atoms with van der Waals surface area (Å²) in [7, 11) is -7.16. The Morgan fingerprint density at radius 1 is 0.963 bits per heavy atom. The molecular weight excluding hydrogens is 405 g/mol. The summed E-state index contributed by atoms with van der Waals surface area (Å²) in [4.78, 5) is -0.688. The number of halogens is 3. The number of benzene rings is 1. The first-order valence-electron chi connectivity index (χ1n) is 8.75. The predicted molar refractivity (Wildman–Crippen MR) is 92.8 cm³/mol. The van der Waals surface area contributed by atoms with Gasteiger partial charge in [0.25, 0.3) is 0 Å². The Balaban J connectivity index is 1.70. The Kier molecular flexibility index (Phi) is 5.62. The molecule has 0 radical (unpaired) electrons. The Hall–Kier alpha value is -1.13. The first-order valence-corrected chi connectivity index (χ1v) is 12.1. The largest absolute Gasteiger partial charge is 0.417 e. The molecule has 3 rings (SSSR count). The zero-order valence-corrected chi connectivity index (χ0v) is 16.1. The molecule has 1 aromatic rings. The van der Waals surface area contributed by atoms with Crippen molar-refractivity contribution in [1.82, 2.24) is 0 Å². The van der Waals surface area contributed by atoms with Gasteiger partial charge in [-0.1, -0.05) is 12.1 Å². The Bertz CT molecular complexity index is 879. The lowest BCUT2D eigenvalue weighted by atomic mass is 10.2. The fourth-order valence-corrected chi connectivity index (χ4v) is 7.19. The van der Waals surface area contributed by atoms with E-state index in [0.717, 1.165) is 12.1 Å². The molecule has 0 unspecified atom stereocenters. The normalized spacial score (nSPS) is 26.9. The lowest BCUT2D eigenvalue weighted by molar-refractivity contribution is -0.139. The molecule has 1 saturated carbocycles. The predicted octanol–water partition coefficient (Wildman–Crippen LogP) is 2.99. The van der Waals surface area contributed by atoms with E-state index in [2.05, 4.69) is 0 Å². The van der Waals surface area contributed by atoms with E-state index in [9.17, 15) is 30.0 Å². The topological polar surface area (TPSA) is 77.5 Å². The number of sulfone groups is 2. The lowest BCUT2D eigenvalue weighted by Gasteiger charge is -2.25. The highest BCUT2D eigenvalue weighted by Gasteiger charge is 2.42. The van der Waals surface area contributed by atoms with Crippen molar-refractivity contribution in [3.63, 3.8) is 0 Å². The van der Waals surface area contributed by atoms with Crippen LogP contribution in [0.1, 0.15) is 37.7 Å². The minimum absolute atomic E-state index is 0.0467. The van der Waals surface area contributed by atoms with Crippen molar-refractivity contribution in [3.8, 4) is 0 Å². The SMILES string of the molecule is O=S1(=O)CCC(O[C@@H]2CC[C@@H](S(=O)(=O)c3ccccc3C(F)(F)F)C2)CC1.